The van der Waals surface area contributed by atoms with Gasteiger partial charge in [0.05, 0.1) is 11.6 Å². The zero-order chi connectivity index (χ0) is 18.1. The van der Waals surface area contributed by atoms with Gasteiger partial charge >= 0.3 is 0 Å². The molecule has 0 N–H and O–H groups in total. The number of unbranched alkanes of at least 4 members (excludes halogenated alkanes) is 1. The molecule has 7 heteroatoms. The predicted octanol–water partition coefficient (Wildman–Crippen LogP) is 3.76. The minimum absolute atomic E-state index is 0.546. The maximum atomic E-state index is 5.39. The van der Waals surface area contributed by atoms with Crippen molar-refractivity contribution >= 4 is 16.7 Å². The van der Waals surface area contributed by atoms with Gasteiger partial charge < -0.3 is 4.42 Å². The smallest absolute Gasteiger partial charge is 0.217 e. The van der Waals surface area contributed by atoms with Gasteiger partial charge in [-0.25, -0.2) is 14.5 Å². The number of aryl methyl sites for hydroxylation is 2. The maximum Gasteiger partial charge on any atom is 0.217 e. The number of benzene rings is 1. The third-order valence-corrected chi connectivity index (χ3v) is 4.59. The number of furan rings is 1. The van der Waals surface area contributed by atoms with Crippen molar-refractivity contribution in [3.05, 3.63) is 66.8 Å². The molecule has 27 heavy (non-hydrogen) atoms. The van der Waals surface area contributed by atoms with Gasteiger partial charge in [-0.05, 0) is 37.0 Å². The summed E-state index contributed by atoms with van der Waals surface area (Å²) in [7, 11) is 0. The van der Waals surface area contributed by atoms with Gasteiger partial charge in [0.15, 0.2) is 17.1 Å². The van der Waals surface area contributed by atoms with Crippen LogP contribution in [0.4, 0.5) is 0 Å². The molecule has 0 bridgehead atoms. The second kappa shape index (κ2) is 6.68. The number of hydrogen-bond donors (Lipinski definition) is 0. The van der Waals surface area contributed by atoms with Gasteiger partial charge in [-0.2, -0.15) is 5.10 Å². The van der Waals surface area contributed by atoms with E-state index in [0.717, 1.165) is 36.8 Å². The van der Waals surface area contributed by atoms with E-state index >= 15 is 0 Å². The summed E-state index contributed by atoms with van der Waals surface area (Å²) in [6.45, 7) is 0.856. The van der Waals surface area contributed by atoms with E-state index in [4.69, 9.17) is 4.42 Å². The van der Waals surface area contributed by atoms with Crippen molar-refractivity contribution < 1.29 is 4.42 Å². The Morgan fingerprint density at radius 1 is 0.963 bits per heavy atom. The summed E-state index contributed by atoms with van der Waals surface area (Å²) in [5.74, 6) is 1.19. The molecular formula is C20H18N6O. The monoisotopic (exact) mass is 358 g/mol. The van der Waals surface area contributed by atoms with Crippen molar-refractivity contribution in [1.29, 1.82) is 0 Å². The summed E-state index contributed by atoms with van der Waals surface area (Å²) in [5, 5.41) is 9.91. The second-order valence-electron chi connectivity index (χ2n) is 6.50. The average Bonchev–Trinajstić information content (AvgIpc) is 3.44. The molecule has 4 aromatic heterocycles. The first-order valence-electron chi connectivity index (χ1n) is 9.03. The first kappa shape index (κ1) is 15.7. The molecule has 0 fully saturated rings. The van der Waals surface area contributed by atoms with E-state index in [9.17, 15) is 0 Å². The van der Waals surface area contributed by atoms with Gasteiger partial charge in [0.2, 0.25) is 5.82 Å². The van der Waals surface area contributed by atoms with Crippen LogP contribution in [0.25, 0.3) is 28.3 Å². The lowest BCUT2D eigenvalue weighted by molar-refractivity contribution is 0.561. The Balaban J connectivity index is 1.34. The molecule has 5 rings (SSSR count). The quantitative estimate of drug-likeness (QED) is 0.432. The van der Waals surface area contributed by atoms with Gasteiger partial charge in [-0.3, -0.25) is 4.68 Å². The molecule has 0 atom stereocenters. The fraction of sp³-hybridized carbons (Fsp3) is 0.200. The zero-order valence-corrected chi connectivity index (χ0v) is 14.7. The molecule has 1 aromatic carbocycles. The van der Waals surface area contributed by atoms with Gasteiger partial charge in [0.25, 0.3) is 0 Å². The molecule has 0 aliphatic heterocycles. The van der Waals surface area contributed by atoms with Crippen molar-refractivity contribution in [2.75, 3.05) is 0 Å². The SMILES string of the molecule is c1ccc(CCCCn2cc3c(ncn4nc(-c5ccco5)nc34)n2)cc1. The Kier molecular flexibility index (Phi) is 3.90. The highest BCUT2D eigenvalue weighted by molar-refractivity contribution is 5.88. The van der Waals surface area contributed by atoms with Crippen LogP contribution in [-0.4, -0.2) is 29.4 Å². The normalized spacial score (nSPS) is 11.6. The molecule has 0 saturated carbocycles. The summed E-state index contributed by atoms with van der Waals surface area (Å²) in [4.78, 5) is 9.00. The molecule has 5 aromatic rings. The van der Waals surface area contributed by atoms with Gasteiger partial charge in [0.1, 0.15) is 6.33 Å². The van der Waals surface area contributed by atoms with Crippen LogP contribution in [-0.2, 0) is 13.0 Å². The molecule has 0 radical (unpaired) electrons. The lowest BCUT2D eigenvalue weighted by Gasteiger charge is -2.02. The molecule has 0 spiro atoms. The molecular weight excluding hydrogens is 340 g/mol. The van der Waals surface area contributed by atoms with Crippen molar-refractivity contribution in [2.24, 2.45) is 0 Å². The molecule has 0 aliphatic carbocycles. The van der Waals surface area contributed by atoms with Crippen LogP contribution >= 0.6 is 0 Å². The van der Waals surface area contributed by atoms with Crippen LogP contribution in [0.3, 0.4) is 0 Å². The third-order valence-electron chi connectivity index (χ3n) is 4.59. The molecule has 134 valence electrons. The fourth-order valence-corrected chi connectivity index (χ4v) is 3.23. The van der Waals surface area contributed by atoms with E-state index < -0.39 is 0 Å². The summed E-state index contributed by atoms with van der Waals surface area (Å²) in [6, 6.07) is 14.2. The molecule has 0 saturated heterocycles. The Labute approximate surface area is 155 Å². The lowest BCUT2D eigenvalue weighted by atomic mass is 10.1. The number of rotatable bonds is 6. The molecule has 0 aliphatic rings. The number of nitrogens with zero attached hydrogens (tertiary/aromatic N) is 6. The van der Waals surface area contributed by atoms with Crippen LogP contribution in [0.2, 0.25) is 0 Å². The number of aromatic nitrogens is 6. The van der Waals surface area contributed by atoms with E-state index in [0.29, 0.717) is 17.2 Å². The summed E-state index contributed by atoms with van der Waals surface area (Å²) in [6.07, 6.45) is 8.52. The highest BCUT2D eigenvalue weighted by atomic mass is 16.3. The topological polar surface area (TPSA) is 74.0 Å². The average molecular weight is 358 g/mol. The van der Waals surface area contributed by atoms with E-state index in [1.807, 2.05) is 29.1 Å². The van der Waals surface area contributed by atoms with Gasteiger partial charge in [-0.15, -0.1) is 5.10 Å². The molecule has 0 unspecified atom stereocenters. The van der Waals surface area contributed by atoms with Gasteiger partial charge in [-0.1, -0.05) is 30.3 Å². The summed E-state index contributed by atoms with van der Waals surface area (Å²) in [5.41, 5.74) is 2.80. The van der Waals surface area contributed by atoms with Crippen molar-refractivity contribution in [2.45, 2.75) is 25.8 Å². The Morgan fingerprint density at radius 3 is 2.74 bits per heavy atom. The van der Waals surface area contributed by atoms with Crippen LogP contribution in [0.1, 0.15) is 18.4 Å². The zero-order valence-electron chi connectivity index (χ0n) is 14.7. The van der Waals surface area contributed by atoms with Crippen LogP contribution in [0.15, 0.2) is 65.7 Å². The molecule has 4 heterocycles. The largest absolute Gasteiger partial charge is 0.461 e. The van der Waals surface area contributed by atoms with Crippen molar-refractivity contribution in [3.8, 4) is 11.6 Å². The van der Waals surface area contributed by atoms with Crippen molar-refractivity contribution in [3.63, 3.8) is 0 Å². The standard InChI is InChI=1S/C20H18N6O/c1-2-7-15(8-3-1)9-4-5-11-25-13-16-18(23-25)21-14-26-20(16)22-19(24-26)17-10-6-12-27-17/h1-3,6-8,10,12-14H,4-5,9,11H2. The van der Waals surface area contributed by atoms with Crippen molar-refractivity contribution in [1.82, 2.24) is 29.4 Å². The predicted molar refractivity (Wildman–Crippen MR) is 101 cm³/mol. The summed E-state index contributed by atoms with van der Waals surface area (Å²) < 4.78 is 9.01. The van der Waals surface area contributed by atoms with E-state index in [1.54, 1.807) is 17.1 Å². The summed E-state index contributed by atoms with van der Waals surface area (Å²) >= 11 is 0. The minimum Gasteiger partial charge on any atom is -0.461 e. The van der Waals surface area contributed by atoms with Crippen LogP contribution in [0, 0.1) is 0 Å². The molecule has 7 nitrogen and oxygen atoms in total. The minimum atomic E-state index is 0.546. The van der Waals surface area contributed by atoms with E-state index in [2.05, 4.69) is 44.4 Å². The van der Waals surface area contributed by atoms with E-state index in [-0.39, 0.29) is 0 Å². The van der Waals surface area contributed by atoms with Gasteiger partial charge in [0, 0.05) is 12.7 Å². The van der Waals surface area contributed by atoms with Crippen LogP contribution in [0.5, 0.6) is 0 Å². The maximum absolute atomic E-state index is 5.39. The van der Waals surface area contributed by atoms with Crippen LogP contribution < -0.4 is 0 Å². The fourth-order valence-electron chi connectivity index (χ4n) is 3.23. The Bertz CT molecular complexity index is 1170. The second-order valence-corrected chi connectivity index (χ2v) is 6.50. The first-order chi connectivity index (χ1) is 13.4. The lowest BCUT2D eigenvalue weighted by Crippen LogP contribution is -1.99. The molecule has 0 amide bonds. The highest BCUT2D eigenvalue weighted by Crippen LogP contribution is 2.20. The first-order valence-corrected chi connectivity index (χ1v) is 9.03. The Morgan fingerprint density at radius 2 is 1.89 bits per heavy atom. The highest BCUT2D eigenvalue weighted by Gasteiger charge is 2.14. The Hall–Kier alpha value is -3.48. The third kappa shape index (κ3) is 3.08. The number of fused-ring (bicyclic) bond motifs is 3. The van der Waals surface area contributed by atoms with E-state index in [1.165, 1.54) is 5.56 Å². The number of hydrogen-bond acceptors (Lipinski definition) is 5.